The molecule has 1 N–H and O–H groups in total. The van der Waals surface area contributed by atoms with Crippen molar-refractivity contribution in [2.24, 2.45) is 0 Å². The number of carboxylic acids is 1. The molecule has 1 fully saturated rings. The van der Waals surface area contributed by atoms with Crippen LogP contribution in [0.3, 0.4) is 0 Å². The summed E-state index contributed by atoms with van der Waals surface area (Å²) in [7, 11) is 0. The van der Waals surface area contributed by atoms with Crippen molar-refractivity contribution >= 4 is 56.6 Å². The van der Waals surface area contributed by atoms with E-state index in [4.69, 9.17) is 14.6 Å². The quantitative estimate of drug-likeness (QED) is 0.584. The molecule has 2 aromatic rings. The molecule has 2 amide bonds. The molecule has 7 nitrogen and oxygen atoms in total. The van der Waals surface area contributed by atoms with Gasteiger partial charge < -0.3 is 14.6 Å². The van der Waals surface area contributed by atoms with E-state index in [1.807, 2.05) is 0 Å². The molecule has 29 heavy (non-hydrogen) atoms. The maximum atomic E-state index is 12.8. The van der Waals surface area contributed by atoms with Crippen LogP contribution in [0.5, 0.6) is 11.5 Å². The Balaban J connectivity index is 1.93. The second-order valence-corrected chi connectivity index (χ2v) is 7.64. The molecule has 0 bridgehead atoms. The summed E-state index contributed by atoms with van der Waals surface area (Å²) in [4.78, 5) is 37.3. The number of thioether (sulfide) groups is 1. The van der Waals surface area contributed by atoms with Gasteiger partial charge in [0.2, 0.25) is 0 Å². The molecule has 0 spiro atoms. The predicted octanol–water partition coefficient (Wildman–Crippen LogP) is 4.55. The Kier molecular flexibility index (Phi) is 6.60. The van der Waals surface area contributed by atoms with Crippen LogP contribution in [0.4, 0.5) is 10.5 Å². The van der Waals surface area contributed by atoms with Crippen LogP contribution in [0.1, 0.15) is 12.5 Å². The first kappa shape index (κ1) is 20.9. The minimum Gasteiger partial charge on any atom is -0.490 e. The van der Waals surface area contributed by atoms with Gasteiger partial charge in [-0.05, 0) is 54.6 Å². The highest BCUT2D eigenvalue weighted by atomic mass is 79.9. The zero-order valence-electron chi connectivity index (χ0n) is 15.3. The predicted molar refractivity (Wildman–Crippen MR) is 113 cm³/mol. The monoisotopic (exact) mass is 477 g/mol. The van der Waals surface area contributed by atoms with E-state index in [-0.39, 0.29) is 15.9 Å². The lowest BCUT2D eigenvalue weighted by molar-refractivity contribution is -0.139. The zero-order chi connectivity index (χ0) is 21.0. The summed E-state index contributed by atoms with van der Waals surface area (Å²) in [5, 5.41) is 8.44. The SMILES string of the molecule is CCOc1cc(/C=C2\SC(=O)N(c3ccccc3)C2=O)c(Br)cc1OCC(=O)O. The molecule has 0 unspecified atom stereocenters. The van der Waals surface area contributed by atoms with Crippen molar-refractivity contribution in [3.05, 3.63) is 57.4 Å². The fourth-order valence-corrected chi connectivity index (χ4v) is 3.86. The third-order valence-electron chi connectivity index (χ3n) is 3.81. The molecule has 150 valence electrons. The first-order valence-electron chi connectivity index (χ1n) is 8.54. The van der Waals surface area contributed by atoms with Gasteiger partial charge >= 0.3 is 5.97 Å². The zero-order valence-corrected chi connectivity index (χ0v) is 17.7. The topological polar surface area (TPSA) is 93.1 Å². The largest absolute Gasteiger partial charge is 0.490 e. The number of carbonyl (C=O) groups is 3. The van der Waals surface area contributed by atoms with E-state index in [2.05, 4.69) is 15.9 Å². The van der Waals surface area contributed by atoms with E-state index < -0.39 is 18.5 Å². The highest BCUT2D eigenvalue weighted by Gasteiger charge is 2.36. The number of rotatable bonds is 7. The highest BCUT2D eigenvalue weighted by molar-refractivity contribution is 9.10. The molecule has 0 saturated carbocycles. The smallest absolute Gasteiger partial charge is 0.341 e. The molecule has 2 aromatic carbocycles. The van der Waals surface area contributed by atoms with E-state index in [0.29, 0.717) is 28.1 Å². The Morgan fingerprint density at radius 1 is 1.17 bits per heavy atom. The number of amides is 2. The Morgan fingerprint density at radius 3 is 2.52 bits per heavy atom. The van der Waals surface area contributed by atoms with Crippen LogP contribution in [0.15, 0.2) is 51.8 Å². The van der Waals surface area contributed by atoms with Crippen molar-refractivity contribution in [3.8, 4) is 11.5 Å². The van der Waals surface area contributed by atoms with Crippen LogP contribution in [0.2, 0.25) is 0 Å². The average Bonchev–Trinajstić information content (AvgIpc) is 2.97. The fourth-order valence-electron chi connectivity index (χ4n) is 2.59. The lowest BCUT2D eigenvalue weighted by Gasteiger charge is -2.13. The van der Waals surface area contributed by atoms with Gasteiger partial charge in [-0.2, -0.15) is 0 Å². The number of halogens is 1. The molecule has 0 aromatic heterocycles. The number of nitrogens with zero attached hydrogens (tertiary/aromatic N) is 1. The first-order valence-corrected chi connectivity index (χ1v) is 10.2. The number of anilines is 1. The molecule has 0 radical (unpaired) electrons. The van der Waals surface area contributed by atoms with Gasteiger partial charge in [0, 0.05) is 4.47 Å². The normalized spacial score (nSPS) is 15.1. The molecule has 1 aliphatic heterocycles. The Labute approximate surface area is 179 Å². The van der Waals surface area contributed by atoms with Gasteiger partial charge in [0.05, 0.1) is 17.2 Å². The number of imide groups is 1. The van der Waals surface area contributed by atoms with Crippen LogP contribution in [0.25, 0.3) is 6.08 Å². The van der Waals surface area contributed by atoms with Crippen LogP contribution in [0, 0.1) is 0 Å². The number of aliphatic carboxylic acids is 1. The molecule has 0 aliphatic carbocycles. The van der Waals surface area contributed by atoms with Gasteiger partial charge in [-0.15, -0.1) is 0 Å². The second-order valence-electron chi connectivity index (χ2n) is 5.79. The van der Waals surface area contributed by atoms with Gasteiger partial charge in [-0.3, -0.25) is 9.59 Å². The van der Waals surface area contributed by atoms with E-state index in [0.717, 1.165) is 16.7 Å². The van der Waals surface area contributed by atoms with Crippen molar-refractivity contribution in [3.63, 3.8) is 0 Å². The second kappa shape index (κ2) is 9.15. The molecule has 3 rings (SSSR count). The number of ether oxygens (including phenoxy) is 2. The summed E-state index contributed by atoms with van der Waals surface area (Å²) < 4.78 is 11.4. The standard InChI is InChI=1S/C20H16BrNO6S/c1-2-27-15-8-12(14(21)10-16(15)28-11-18(23)24)9-17-19(25)22(20(26)29-17)13-6-4-3-5-7-13/h3-10H,2,11H2,1H3,(H,23,24)/b17-9-. The van der Waals surface area contributed by atoms with E-state index >= 15 is 0 Å². The van der Waals surface area contributed by atoms with Crippen molar-refractivity contribution in [1.82, 2.24) is 0 Å². The van der Waals surface area contributed by atoms with Gasteiger partial charge in [-0.1, -0.05) is 34.1 Å². The lowest BCUT2D eigenvalue weighted by atomic mass is 10.1. The summed E-state index contributed by atoms with van der Waals surface area (Å²) in [6, 6.07) is 11.9. The highest BCUT2D eigenvalue weighted by Crippen LogP contribution is 2.39. The van der Waals surface area contributed by atoms with Crippen molar-refractivity contribution in [2.75, 3.05) is 18.1 Å². The maximum Gasteiger partial charge on any atom is 0.341 e. The maximum absolute atomic E-state index is 12.8. The van der Waals surface area contributed by atoms with E-state index in [1.165, 1.54) is 0 Å². The molecule has 0 atom stereocenters. The Hall–Kier alpha value is -2.78. The lowest BCUT2D eigenvalue weighted by Crippen LogP contribution is -2.27. The third kappa shape index (κ3) is 4.80. The summed E-state index contributed by atoms with van der Waals surface area (Å²) in [6.45, 7) is 1.62. The van der Waals surface area contributed by atoms with Crippen LogP contribution >= 0.6 is 27.7 Å². The van der Waals surface area contributed by atoms with E-state index in [1.54, 1.807) is 55.5 Å². The number of para-hydroxylation sites is 1. The number of hydrogen-bond donors (Lipinski definition) is 1. The summed E-state index contributed by atoms with van der Waals surface area (Å²) >= 11 is 4.24. The minimum absolute atomic E-state index is 0.260. The van der Waals surface area contributed by atoms with Crippen molar-refractivity contribution in [2.45, 2.75) is 6.92 Å². The van der Waals surface area contributed by atoms with Gasteiger partial charge in [0.1, 0.15) is 0 Å². The number of carbonyl (C=O) groups excluding carboxylic acids is 2. The minimum atomic E-state index is -1.11. The van der Waals surface area contributed by atoms with Crippen molar-refractivity contribution in [1.29, 1.82) is 0 Å². The average molecular weight is 478 g/mol. The number of hydrogen-bond acceptors (Lipinski definition) is 6. The molecular weight excluding hydrogens is 462 g/mol. The Bertz CT molecular complexity index is 992. The number of benzene rings is 2. The fraction of sp³-hybridized carbons (Fsp3) is 0.150. The van der Waals surface area contributed by atoms with Gasteiger partial charge in [0.25, 0.3) is 11.1 Å². The van der Waals surface area contributed by atoms with Gasteiger partial charge in [-0.25, -0.2) is 9.69 Å². The molecule has 1 heterocycles. The molecular formula is C20H16BrNO6S. The van der Waals surface area contributed by atoms with Crippen LogP contribution in [-0.4, -0.2) is 35.4 Å². The van der Waals surface area contributed by atoms with Crippen LogP contribution in [-0.2, 0) is 9.59 Å². The molecule has 1 saturated heterocycles. The van der Waals surface area contributed by atoms with E-state index in [9.17, 15) is 14.4 Å². The van der Waals surface area contributed by atoms with Gasteiger partial charge in [0.15, 0.2) is 18.1 Å². The molecule has 9 heteroatoms. The first-order chi connectivity index (χ1) is 13.9. The Morgan fingerprint density at radius 2 is 1.86 bits per heavy atom. The summed E-state index contributed by atoms with van der Waals surface area (Å²) in [5.74, 6) is -0.925. The van der Waals surface area contributed by atoms with Crippen LogP contribution < -0.4 is 14.4 Å². The number of carboxylic acid groups (broad SMARTS) is 1. The third-order valence-corrected chi connectivity index (χ3v) is 5.37. The molecule has 1 aliphatic rings. The summed E-state index contributed by atoms with van der Waals surface area (Å²) in [6.07, 6.45) is 1.58. The van der Waals surface area contributed by atoms with Crippen molar-refractivity contribution < 1.29 is 29.0 Å². The summed E-state index contributed by atoms with van der Waals surface area (Å²) in [5.41, 5.74) is 1.10.